The van der Waals surface area contributed by atoms with E-state index in [0.29, 0.717) is 11.3 Å². The topological polar surface area (TPSA) is 55.8 Å². The second-order valence-corrected chi connectivity index (χ2v) is 5.06. The van der Waals surface area contributed by atoms with Crippen LogP contribution in [0.2, 0.25) is 0 Å². The Morgan fingerprint density at radius 3 is 2.00 bits per heavy atom. The zero-order valence-corrected chi connectivity index (χ0v) is 11.9. The van der Waals surface area contributed by atoms with Crippen molar-refractivity contribution in [2.45, 2.75) is 33.3 Å². The molecule has 19 heavy (non-hydrogen) atoms. The molecule has 0 aliphatic heterocycles. The Balaban J connectivity index is 2.91. The molecule has 0 heterocycles. The zero-order chi connectivity index (χ0) is 14.6. The van der Waals surface area contributed by atoms with Crippen LogP contribution in [0.3, 0.4) is 0 Å². The highest BCUT2D eigenvalue weighted by molar-refractivity contribution is 5.95. The Morgan fingerprint density at radius 2 is 1.63 bits per heavy atom. The maximum Gasteiger partial charge on any atom is 0.439 e. The van der Waals surface area contributed by atoms with Gasteiger partial charge >= 0.3 is 6.09 Å². The molecule has 0 unspecified atom stereocenters. The molecule has 5 heteroatoms. The molecule has 1 amide bonds. The molecule has 0 bridgehead atoms. The number of hydrogen-bond donors (Lipinski definition) is 0. The van der Waals surface area contributed by atoms with Gasteiger partial charge in [-0.25, -0.2) is 4.79 Å². The molecule has 0 saturated carbocycles. The summed E-state index contributed by atoms with van der Waals surface area (Å²) in [6, 6.07) is 6.52. The Hall–Kier alpha value is -1.88. The molecular formula is C14H19NO4. The van der Waals surface area contributed by atoms with E-state index in [-0.39, 0.29) is 5.78 Å². The fourth-order valence-electron chi connectivity index (χ4n) is 1.42. The van der Waals surface area contributed by atoms with Crippen LogP contribution in [0.1, 0.15) is 38.1 Å². The van der Waals surface area contributed by atoms with E-state index in [4.69, 9.17) is 9.57 Å². The molecule has 0 fully saturated rings. The molecule has 104 valence electrons. The number of nitrogens with zero attached hydrogens (tertiary/aromatic N) is 1. The number of hydroxylamine groups is 1. The van der Waals surface area contributed by atoms with Gasteiger partial charge in [-0.15, -0.1) is 0 Å². The maximum absolute atomic E-state index is 11.9. The third-order valence-corrected chi connectivity index (χ3v) is 2.25. The van der Waals surface area contributed by atoms with E-state index in [1.54, 1.807) is 45.0 Å². The van der Waals surface area contributed by atoms with Gasteiger partial charge in [0.2, 0.25) is 0 Å². The summed E-state index contributed by atoms with van der Waals surface area (Å²) in [5.74, 6) is -0.0345. The standard InChI is InChI=1S/C14H19NO4/c1-10(16)11-6-8-12(9-7-11)15(18-5)13(17)19-14(2,3)4/h6-9H,1-5H3. The monoisotopic (exact) mass is 265 g/mol. The quantitative estimate of drug-likeness (QED) is 0.622. The largest absolute Gasteiger partial charge is 0.442 e. The van der Waals surface area contributed by atoms with Crippen molar-refractivity contribution < 1.29 is 19.2 Å². The van der Waals surface area contributed by atoms with Gasteiger partial charge in [-0.1, -0.05) is 0 Å². The van der Waals surface area contributed by atoms with E-state index in [9.17, 15) is 9.59 Å². The van der Waals surface area contributed by atoms with Crippen LogP contribution in [0.4, 0.5) is 10.5 Å². The van der Waals surface area contributed by atoms with Crippen LogP contribution in [-0.2, 0) is 9.57 Å². The van der Waals surface area contributed by atoms with Gasteiger partial charge < -0.3 is 4.74 Å². The number of Topliss-reactive ketones (excluding diaryl/α,β-unsaturated/α-hetero) is 1. The van der Waals surface area contributed by atoms with E-state index in [0.717, 1.165) is 5.06 Å². The lowest BCUT2D eigenvalue weighted by Crippen LogP contribution is -2.36. The minimum atomic E-state index is -0.606. The number of hydrogen-bond acceptors (Lipinski definition) is 4. The Labute approximate surface area is 113 Å². The molecule has 0 saturated heterocycles. The number of rotatable bonds is 3. The van der Waals surface area contributed by atoms with Crippen molar-refractivity contribution in [3.05, 3.63) is 29.8 Å². The second kappa shape index (κ2) is 5.84. The number of carbonyl (C=O) groups excluding carboxylic acids is 2. The predicted octanol–water partition coefficient (Wildman–Crippen LogP) is 3.19. The first kappa shape index (κ1) is 15.2. The maximum atomic E-state index is 11.9. The van der Waals surface area contributed by atoms with E-state index < -0.39 is 11.7 Å². The van der Waals surface area contributed by atoms with Crippen molar-refractivity contribution >= 4 is 17.6 Å². The van der Waals surface area contributed by atoms with Gasteiger partial charge in [0.25, 0.3) is 0 Å². The smallest absolute Gasteiger partial charge is 0.439 e. The van der Waals surface area contributed by atoms with Gasteiger partial charge in [-0.2, -0.15) is 5.06 Å². The van der Waals surface area contributed by atoms with Crippen molar-refractivity contribution in [3.63, 3.8) is 0 Å². The number of ether oxygens (including phenoxy) is 1. The van der Waals surface area contributed by atoms with Crippen LogP contribution in [0.15, 0.2) is 24.3 Å². The van der Waals surface area contributed by atoms with Gasteiger partial charge in [0, 0.05) is 5.56 Å². The lowest BCUT2D eigenvalue weighted by Gasteiger charge is -2.25. The highest BCUT2D eigenvalue weighted by atomic mass is 16.7. The summed E-state index contributed by atoms with van der Waals surface area (Å²) in [6.07, 6.45) is -0.606. The Bertz CT molecular complexity index is 459. The zero-order valence-electron chi connectivity index (χ0n) is 11.9. The molecule has 1 aromatic carbocycles. The van der Waals surface area contributed by atoms with Crippen molar-refractivity contribution in [2.24, 2.45) is 0 Å². The lowest BCUT2D eigenvalue weighted by atomic mass is 10.1. The normalized spacial score (nSPS) is 11.0. The van der Waals surface area contributed by atoms with Crippen molar-refractivity contribution in [1.82, 2.24) is 0 Å². The van der Waals surface area contributed by atoms with Gasteiger partial charge in [0.15, 0.2) is 5.78 Å². The van der Waals surface area contributed by atoms with Crippen LogP contribution in [0.25, 0.3) is 0 Å². The SMILES string of the molecule is CON(C(=O)OC(C)(C)C)c1ccc(C(C)=O)cc1. The number of benzene rings is 1. The summed E-state index contributed by atoms with van der Waals surface area (Å²) < 4.78 is 5.22. The molecule has 0 radical (unpaired) electrons. The highest BCUT2D eigenvalue weighted by Crippen LogP contribution is 2.19. The third-order valence-electron chi connectivity index (χ3n) is 2.25. The van der Waals surface area contributed by atoms with Crippen LogP contribution >= 0.6 is 0 Å². The van der Waals surface area contributed by atoms with E-state index >= 15 is 0 Å². The lowest BCUT2D eigenvalue weighted by molar-refractivity contribution is 0.0328. The molecular weight excluding hydrogens is 246 g/mol. The van der Waals surface area contributed by atoms with E-state index in [1.807, 2.05) is 0 Å². The summed E-state index contributed by atoms with van der Waals surface area (Å²) in [6.45, 7) is 6.81. The molecule has 5 nitrogen and oxygen atoms in total. The first-order valence-electron chi connectivity index (χ1n) is 5.93. The summed E-state index contributed by atoms with van der Waals surface area (Å²) >= 11 is 0. The molecule has 0 spiro atoms. The molecule has 0 aromatic heterocycles. The van der Waals surface area contributed by atoms with Gasteiger partial charge in [-0.05, 0) is 52.0 Å². The number of carbonyl (C=O) groups is 2. The van der Waals surface area contributed by atoms with Gasteiger partial charge in [-0.3, -0.25) is 9.63 Å². The second-order valence-electron chi connectivity index (χ2n) is 5.06. The predicted molar refractivity (Wildman–Crippen MR) is 72.2 cm³/mol. The number of amides is 1. The number of ketones is 1. The molecule has 0 aliphatic rings. The van der Waals surface area contributed by atoms with Crippen LogP contribution in [-0.4, -0.2) is 24.6 Å². The summed E-state index contributed by atoms with van der Waals surface area (Å²) in [7, 11) is 1.38. The fraction of sp³-hybridized carbons (Fsp3) is 0.429. The molecule has 1 rings (SSSR count). The minimum absolute atomic E-state index is 0.0345. The third kappa shape index (κ3) is 4.37. The molecule has 1 aromatic rings. The summed E-state index contributed by atoms with van der Waals surface area (Å²) in [4.78, 5) is 28.1. The fourth-order valence-corrected chi connectivity index (χ4v) is 1.42. The van der Waals surface area contributed by atoms with Gasteiger partial charge in [0.1, 0.15) is 5.60 Å². The summed E-state index contributed by atoms with van der Waals surface area (Å²) in [5, 5.41) is 1.04. The average Bonchev–Trinajstić information content (AvgIpc) is 2.28. The van der Waals surface area contributed by atoms with Crippen LogP contribution in [0, 0.1) is 0 Å². The average molecular weight is 265 g/mol. The minimum Gasteiger partial charge on any atom is -0.442 e. The molecule has 0 aliphatic carbocycles. The first-order valence-corrected chi connectivity index (χ1v) is 5.93. The van der Waals surface area contributed by atoms with Crippen LogP contribution < -0.4 is 5.06 Å². The van der Waals surface area contributed by atoms with Crippen molar-refractivity contribution in [1.29, 1.82) is 0 Å². The highest BCUT2D eigenvalue weighted by Gasteiger charge is 2.23. The Kier molecular flexibility index (Phi) is 4.67. The van der Waals surface area contributed by atoms with Crippen LogP contribution in [0.5, 0.6) is 0 Å². The molecule has 0 atom stereocenters. The summed E-state index contributed by atoms with van der Waals surface area (Å²) in [5.41, 5.74) is 0.471. The van der Waals surface area contributed by atoms with Gasteiger partial charge in [0.05, 0.1) is 12.8 Å². The van der Waals surface area contributed by atoms with E-state index in [2.05, 4.69) is 0 Å². The molecule has 0 N–H and O–H groups in total. The van der Waals surface area contributed by atoms with Crippen molar-refractivity contribution in [3.8, 4) is 0 Å². The first-order chi connectivity index (χ1) is 8.74. The van der Waals surface area contributed by atoms with E-state index in [1.165, 1.54) is 14.0 Å². The Morgan fingerprint density at radius 1 is 1.11 bits per heavy atom. The number of anilines is 1. The van der Waals surface area contributed by atoms with Crippen molar-refractivity contribution in [2.75, 3.05) is 12.2 Å².